The molecule has 44 heavy (non-hydrogen) atoms. The highest BCUT2D eigenvalue weighted by Gasteiger charge is 2.35. The fourth-order valence-electron chi connectivity index (χ4n) is 5.20. The van der Waals surface area contributed by atoms with Gasteiger partial charge in [0.25, 0.3) is 0 Å². The summed E-state index contributed by atoms with van der Waals surface area (Å²) in [5, 5.41) is 0. The van der Waals surface area contributed by atoms with Crippen LogP contribution in [-0.4, -0.2) is 11.9 Å². The predicted octanol–water partition coefficient (Wildman–Crippen LogP) is 10.8. The molecule has 0 aromatic heterocycles. The highest BCUT2D eigenvalue weighted by Crippen LogP contribution is 2.49. The van der Waals surface area contributed by atoms with E-state index in [1.54, 1.807) is 0 Å². The largest absolute Gasteiger partial charge is 0.423 e. The first kappa shape index (κ1) is 37.0. The molecule has 0 radical (unpaired) electrons. The van der Waals surface area contributed by atoms with Gasteiger partial charge >= 0.3 is 11.9 Å². The van der Waals surface area contributed by atoms with E-state index in [0.29, 0.717) is 11.5 Å². The van der Waals surface area contributed by atoms with Crippen LogP contribution in [0.25, 0.3) is 0 Å². The highest BCUT2D eigenvalue weighted by molar-refractivity contribution is 5.85. The second kappa shape index (κ2) is 13.9. The number of benzene rings is 2. The van der Waals surface area contributed by atoms with Crippen LogP contribution in [0.4, 0.5) is 0 Å². The van der Waals surface area contributed by atoms with Crippen molar-refractivity contribution >= 4 is 11.9 Å². The molecule has 2 aromatic carbocycles. The van der Waals surface area contributed by atoms with E-state index in [1.165, 1.54) is 23.3 Å². The molecule has 0 N–H and O–H groups in total. The lowest BCUT2D eigenvalue weighted by molar-refractivity contribution is -0.129. The van der Waals surface area contributed by atoms with Gasteiger partial charge in [0.1, 0.15) is 11.5 Å². The summed E-state index contributed by atoms with van der Waals surface area (Å²) in [5.74, 6) is -0.167. The molecule has 0 aliphatic carbocycles. The van der Waals surface area contributed by atoms with Gasteiger partial charge < -0.3 is 9.47 Å². The minimum atomic E-state index is -0.499. The summed E-state index contributed by atoms with van der Waals surface area (Å²) in [6.07, 6.45) is 6.01. The lowest BCUT2D eigenvalue weighted by atomic mass is 9.71. The molecule has 0 unspecified atom stereocenters. The van der Waals surface area contributed by atoms with Crippen molar-refractivity contribution in [3.05, 3.63) is 83.0 Å². The highest BCUT2D eigenvalue weighted by atomic mass is 16.5. The molecule has 0 saturated carbocycles. The van der Waals surface area contributed by atoms with Gasteiger partial charge in [-0.3, -0.25) is 0 Å². The summed E-state index contributed by atoms with van der Waals surface area (Å²) in [6, 6.07) is 8.82. The van der Waals surface area contributed by atoms with E-state index >= 15 is 0 Å². The minimum absolute atomic E-state index is 0.117. The van der Waals surface area contributed by atoms with Crippen molar-refractivity contribution in [1.29, 1.82) is 0 Å². The van der Waals surface area contributed by atoms with Crippen molar-refractivity contribution in [3.8, 4) is 11.5 Å². The lowest BCUT2D eigenvalue weighted by Crippen LogP contribution is -2.25. The van der Waals surface area contributed by atoms with Crippen LogP contribution in [-0.2, 0) is 31.2 Å². The van der Waals surface area contributed by atoms with Crippen LogP contribution in [0.2, 0.25) is 0 Å². The van der Waals surface area contributed by atoms with Gasteiger partial charge in [-0.15, -0.1) is 0 Å². The van der Waals surface area contributed by atoms with Crippen molar-refractivity contribution in [3.63, 3.8) is 0 Å². The zero-order chi connectivity index (χ0) is 33.8. The Kier molecular flexibility index (Phi) is 11.7. The van der Waals surface area contributed by atoms with Crippen molar-refractivity contribution in [1.82, 2.24) is 0 Å². The minimum Gasteiger partial charge on any atom is -0.423 e. The maximum atomic E-state index is 12.9. The SMILES string of the molecule is C=CC(=O)Oc1c(C(C)c2cc(C(C)(C)CC)cc(C(C)(C)CC)c2OC(=O)C=C)cc(C(C)(C)CC)cc1C(C)(C)CC. The number of carbonyl (C=O) groups is 2. The van der Waals surface area contributed by atoms with Crippen LogP contribution < -0.4 is 9.47 Å². The number of esters is 2. The van der Waals surface area contributed by atoms with Gasteiger partial charge in [0.2, 0.25) is 0 Å². The van der Waals surface area contributed by atoms with E-state index in [2.05, 4.69) is 127 Å². The lowest BCUT2D eigenvalue weighted by Gasteiger charge is -2.35. The second-order valence-corrected chi connectivity index (χ2v) is 14.8. The monoisotopic (exact) mass is 602 g/mol. The fourth-order valence-corrected chi connectivity index (χ4v) is 5.20. The Morgan fingerprint density at radius 3 is 1.16 bits per heavy atom. The molecule has 2 aromatic rings. The molecule has 0 saturated heterocycles. The molecule has 0 fully saturated rings. The molecule has 0 bridgehead atoms. The molecule has 242 valence electrons. The van der Waals surface area contributed by atoms with Gasteiger partial charge in [0.05, 0.1) is 0 Å². The topological polar surface area (TPSA) is 52.6 Å². The number of carbonyl (C=O) groups excluding carboxylic acids is 2. The maximum Gasteiger partial charge on any atom is 0.335 e. The van der Waals surface area contributed by atoms with Crippen LogP contribution >= 0.6 is 0 Å². The molecule has 0 amide bonds. The van der Waals surface area contributed by atoms with Crippen molar-refractivity contribution in [2.45, 2.75) is 143 Å². The Balaban J connectivity index is 3.24. The van der Waals surface area contributed by atoms with Crippen LogP contribution in [0.5, 0.6) is 11.5 Å². The van der Waals surface area contributed by atoms with Gasteiger partial charge in [0.15, 0.2) is 0 Å². The number of hydrogen-bond acceptors (Lipinski definition) is 4. The summed E-state index contributed by atoms with van der Waals surface area (Å²) in [7, 11) is 0. The van der Waals surface area contributed by atoms with Crippen molar-refractivity contribution in [2.24, 2.45) is 0 Å². The molecule has 4 nitrogen and oxygen atoms in total. The van der Waals surface area contributed by atoms with E-state index in [-0.39, 0.29) is 27.6 Å². The molecule has 0 atom stereocenters. The number of hydrogen-bond donors (Lipinski definition) is 0. The second-order valence-electron chi connectivity index (χ2n) is 14.8. The summed E-state index contributed by atoms with van der Waals surface area (Å²) < 4.78 is 12.3. The van der Waals surface area contributed by atoms with Crippen molar-refractivity contribution < 1.29 is 19.1 Å². The van der Waals surface area contributed by atoms with Crippen LogP contribution in [0.15, 0.2) is 49.6 Å². The summed E-state index contributed by atoms with van der Waals surface area (Å²) in [5.41, 5.74) is 5.33. The van der Waals surface area contributed by atoms with Crippen LogP contribution in [0, 0.1) is 0 Å². The van der Waals surface area contributed by atoms with Gasteiger partial charge in [-0.05, 0) is 58.5 Å². The molecule has 2 rings (SSSR count). The van der Waals surface area contributed by atoms with Gasteiger partial charge in [-0.25, -0.2) is 9.59 Å². The van der Waals surface area contributed by atoms with E-state index < -0.39 is 11.9 Å². The average Bonchev–Trinajstić information content (AvgIpc) is 2.99. The van der Waals surface area contributed by atoms with E-state index in [4.69, 9.17) is 9.47 Å². The van der Waals surface area contributed by atoms with Crippen LogP contribution in [0.3, 0.4) is 0 Å². The average molecular weight is 603 g/mol. The van der Waals surface area contributed by atoms with E-state index in [0.717, 1.165) is 47.9 Å². The third kappa shape index (κ3) is 7.73. The molecule has 0 aliphatic heterocycles. The zero-order valence-electron chi connectivity index (χ0n) is 29.9. The quantitative estimate of drug-likeness (QED) is 0.123. The Morgan fingerprint density at radius 2 is 0.909 bits per heavy atom. The Hall–Kier alpha value is -3.14. The number of rotatable bonds is 14. The first-order valence-electron chi connectivity index (χ1n) is 16.3. The van der Waals surface area contributed by atoms with Gasteiger partial charge in [-0.1, -0.05) is 127 Å². The van der Waals surface area contributed by atoms with Crippen molar-refractivity contribution in [2.75, 3.05) is 0 Å². The molecular formula is C40H58O4. The summed E-state index contributed by atoms with van der Waals surface area (Å²) in [4.78, 5) is 25.8. The van der Waals surface area contributed by atoms with E-state index in [9.17, 15) is 9.59 Å². The molecule has 0 aliphatic rings. The molecular weight excluding hydrogens is 544 g/mol. The molecule has 0 heterocycles. The van der Waals surface area contributed by atoms with E-state index in [1.807, 2.05) is 0 Å². The van der Waals surface area contributed by atoms with Gasteiger partial charge in [0, 0.05) is 40.3 Å². The molecule has 4 heteroatoms. The maximum absolute atomic E-state index is 12.9. The van der Waals surface area contributed by atoms with Gasteiger partial charge in [-0.2, -0.15) is 0 Å². The Labute approximate surface area is 268 Å². The number of ether oxygens (including phenoxy) is 2. The van der Waals surface area contributed by atoms with Crippen LogP contribution in [0.1, 0.15) is 155 Å². The zero-order valence-corrected chi connectivity index (χ0v) is 29.9. The smallest absolute Gasteiger partial charge is 0.335 e. The fraction of sp³-hybridized carbons (Fsp3) is 0.550. The molecule has 0 spiro atoms. The normalized spacial score (nSPS) is 12.7. The third-order valence-corrected chi connectivity index (χ3v) is 10.5. The predicted molar refractivity (Wildman–Crippen MR) is 185 cm³/mol. The third-order valence-electron chi connectivity index (χ3n) is 10.5. The Morgan fingerprint density at radius 1 is 0.614 bits per heavy atom. The first-order chi connectivity index (χ1) is 20.3. The summed E-state index contributed by atoms with van der Waals surface area (Å²) in [6.45, 7) is 35.9. The first-order valence-corrected chi connectivity index (χ1v) is 16.3. The summed E-state index contributed by atoms with van der Waals surface area (Å²) >= 11 is 0. The standard InChI is InChI=1S/C40H58O4/c1-16-33(41)43-35-29(22-27(37(8,9)18-3)24-31(35)39(12,13)20-5)26(7)30-23-28(38(10,11)19-4)25-32(40(14,15)21-6)36(30)44-34(42)17-2/h16-17,22-26H,1-2,18-21H2,3-15H3. The Bertz CT molecular complexity index is 1280.